The van der Waals surface area contributed by atoms with Gasteiger partial charge in [0.05, 0.1) is 24.1 Å². The molecule has 126 valence electrons. The summed E-state index contributed by atoms with van der Waals surface area (Å²) in [7, 11) is 1.64. The van der Waals surface area contributed by atoms with E-state index in [0.717, 1.165) is 4.88 Å². The molecule has 0 unspecified atom stereocenters. The molecule has 7 nitrogen and oxygen atoms in total. The number of amides is 1. The molecule has 0 bridgehead atoms. The van der Waals surface area contributed by atoms with Gasteiger partial charge < -0.3 is 14.5 Å². The molecule has 0 saturated heterocycles. The minimum absolute atomic E-state index is 0.0263. The van der Waals surface area contributed by atoms with Crippen molar-refractivity contribution in [1.29, 1.82) is 0 Å². The van der Waals surface area contributed by atoms with Crippen molar-refractivity contribution in [2.75, 3.05) is 26.8 Å². The molecule has 0 aromatic carbocycles. The number of carbonyl (C=O) groups excluding carboxylic acids is 1. The number of likely N-dealkylation sites (N-methyl/N-ethyl adjacent to an activating group) is 1. The average molecular weight is 338 g/mol. The van der Waals surface area contributed by atoms with Crippen LogP contribution in [0.25, 0.3) is 10.8 Å². The van der Waals surface area contributed by atoms with Crippen LogP contribution in [0.5, 0.6) is 0 Å². The summed E-state index contributed by atoms with van der Waals surface area (Å²) in [6.45, 7) is 5.89. The first-order valence-corrected chi connectivity index (χ1v) is 8.40. The number of nitrogens with zero attached hydrogens (tertiary/aromatic N) is 3. The molecule has 1 amide bonds. The first-order chi connectivity index (χ1) is 11.2. The Kier molecular flexibility index (Phi) is 6.69. The lowest BCUT2D eigenvalue weighted by Crippen LogP contribution is -2.46. The second kappa shape index (κ2) is 8.76. The summed E-state index contributed by atoms with van der Waals surface area (Å²) in [6.07, 6.45) is 0. The van der Waals surface area contributed by atoms with Gasteiger partial charge in [0.2, 0.25) is 11.8 Å². The van der Waals surface area contributed by atoms with Crippen molar-refractivity contribution >= 4 is 17.2 Å². The zero-order valence-electron chi connectivity index (χ0n) is 13.6. The standard InChI is InChI=1S/C15H22N4O3S/c1-4-16-14(20)11(2)19(7-8-21-3)10-13-17-18-15(22-13)12-6-5-9-23-12/h5-6,9,11H,4,7-8,10H2,1-3H3,(H,16,20)/t11-/m0/s1. The summed E-state index contributed by atoms with van der Waals surface area (Å²) in [5.74, 6) is 0.967. The Morgan fingerprint density at radius 2 is 2.35 bits per heavy atom. The first kappa shape index (κ1) is 17.6. The number of hydrogen-bond donors (Lipinski definition) is 1. The molecule has 0 spiro atoms. The molecule has 0 fully saturated rings. The van der Waals surface area contributed by atoms with Crippen LogP contribution in [0.15, 0.2) is 21.9 Å². The molecule has 0 saturated carbocycles. The number of aromatic nitrogens is 2. The number of hydrogen-bond acceptors (Lipinski definition) is 7. The molecule has 2 rings (SSSR count). The van der Waals surface area contributed by atoms with Gasteiger partial charge in [0.25, 0.3) is 5.89 Å². The highest BCUT2D eigenvalue weighted by Crippen LogP contribution is 2.23. The van der Waals surface area contributed by atoms with E-state index in [1.807, 2.05) is 36.3 Å². The van der Waals surface area contributed by atoms with Crippen LogP contribution < -0.4 is 5.32 Å². The molecule has 23 heavy (non-hydrogen) atoms. The third-order valence-electron chi connectivity index (χ3n) is 3.40. The number of thiophene rings is 1. The molecule has 2 aromatic rings. The van der Waals surface area contributed by atoms with E-state index >= 15 is 0 Å². The van der Waals surface area contributed by atoms with E-state index in [1.54, 1.807) is 18.4 Å². The fourth-order valence-corrected chi connectivity index (χ4v) is 2.74. The maximum absolute atomic E-state index is 12.1. The molecule has 1 N–H and O–H groups in total. The molecule has 0 aliphatic rings. The van der Waals surface area contributed by atoms with E-state index in [-0.39, 0.29) is 11.9 Å². The Balaban J connectivity index is 2.06. The second-order valence-corrected chi connectivity index (χ2v) is 5.96. The lowest BCUT2D eigenvalue weighted by atomic mass is 10.2. The first-order valence-electron chi connectivity index (χ1n) is 7.52. The van der Waals surface area contributed by atoms with Gasteiger partial charge in [-0.1, -0.05) is 6.07 Å². The van der Waals surface area contributed by atoms with Crippen molar-refractivity contribution < 1.29 is 13.9 Å². The summed E-state index contributed by atoms with van der Waals surface area (Å²) in [5.41, 5.74) is 0. The minimum atomic E-state index is -0.304. The number of carbonyl (C=O) groups is 1. The number of nitrogens with one attached hydrogen (secondary N) is 1. The number of methoxy groups -OCH3 is 1. The van der Waals surface area contributed by atoms with Gasteiger partial charge in [-0.15, -0.1) is 21.5 Å². The largest absolute Gasteiger partial charge is 0.419 e. The third-order valence-corrected chi connectivity index (χ3v) is 4.26. The number of rotatable bonds is 9. The zero-order chi connectivity index (χ0) is 16.7. The SMILES string of the molecule is CCNC(=O)[C@H](C)N(CCOC)Cc1nnc(-c2cccs2)o1. The predicted octanol–water partition coefficient (Wildman–Crippen LogP) is 1.77. The Labute approximate surface area is 139 Å². The predicted molar refractivity (Wildman–Crippen MR) is 88.0 cm³/mol. The van der Waals surface area contributed by atoms with E-state index in [9.17, 15) is 4.79 Å². The maximum Gasteiger partial charge on any atom is 0.257 e. The summed E-state index contributed by atoms with van der Waals surface area (Å²) in [6, 6.07) is 3.57. The topological polar surface area (TPSA) is 80.5 Å². The number of ether oxygens (including phenoxy) is 1. The van der Waals surface area contributed by atoms with Crippen molar-refractivity contribution in [2.24, 2.45) is 0 Å². The molecular weight excluding hydrogens is 316 g/mol. The normalized spacial score (nSPS) is 12.5. The van der Waals surface area contributed by atoms with Gasteiger partial charge in [-0.05, 0) is 25.3 Å². The van der Waals surface area contributed by atoms with Crippen LogP contribution in [0.4, 0.5) is 0 Å². The second-order valence-electron chi connectivity index (χ2n) is 5.01. The van der Waals surface area contributed by atoms with Gasteiger partial charge in [0.15, 0.2) is 0 Å². The molecule has 0 radical (unpaired) electrons. The van der Waals surface area contributed by atoms with Crippen LogP contribution in [0.2, 0.25) is 0 Å². The van der Waals surface area contributed by atoms with E-state index < -0.39 is 0 Å². The van der Waals surface area contributed by atoms with E-state index in [1.165, 1.54) is 0 Å². The van der Waals surface area contributed by atoms with Crippen LogP contribution in [0, 0.1) is 0 Å². The highest BCUT2D eigenvalue weighted by molar-refractivity contribution is 7.13. The summed E-state index contributed by atoms with van der Waals surface area (Å²) < 4.78 is 10.8. The smallest absolute Gasteiger partial charge is 0.257 e. The van der Waals surface area contributed by atoms with Crippen molar-refractivity contribution in [2.45, 2.75) is 26.4 Å². The van der Waals surface area contributed by atoms with Gasteiger partial charge in [-0.25, -0.2) is 0 Å². The monoisotopic (exact) mass is 338 g/mol. The van der Waals surface area contributed by atoms with Crippen LogP contribution in [0.1, 0.15) is 19.7 Å². The van der Waals surface area contributed by atoms with Gasteiger partial charge >= 0.3 is 0 Å². The van der Waals surface area contributed by atoms with Crippen molar-refractivity contribution in [3.8, 4) is 10.8 Å². The van der Waals surface area contributed by atoms with Crippen LogP contribution >= 0.6 is 11.3 Å². The molecule has 2 heterocycles. The fraction of sp³-hybridized carbons (Fsp3) is 0.533. The Morgan fingerprint density at radius 1 is 1.52 bits per heavy atom. The van der Waals surface area contributed by atoms with Gasteiger partial charge in [0.1, 0.15) is 0 Å². The van der Waals surface area contributed by atoms with Crippen molar-refractivity contribution in [3.63, 3.8) is 0 Å². The van der Waals surface area contributed by atoms with Gasteiger partial charge in [0, 0.05) is 20.2 Å². The third kappa shape index (κ3) is 4.85. The lowest BCUT2D eigenvalue weighted by Gasteiger charge is -2.26. The van der Waals surface area contributed by atoms with Crippen molar-refractivity contribution in [1.82, 2.24) is 20.4 Å². The molecule has 1 atom stereocenters. The summed E-state index contributed by atoms with van der Waals surface area (Å²) >= 11 is 1.55. The Hall–Kier alpha value is -1.77. The maximum atomic E-state index is 12.1. The molecule has 0 aliphatic heterocycles. The van der Waals surface area contributed by atoms with Gasteiger partial charge in [-0.2, -0.15) is 0 Å². The van der Waals surface area contributed by atoms with Gasteiger partial charge in [-0.3, -0.25) is 9.69 Å². The highest BCUT2D eigenvalue weighted by atomic mass is 32.1. The molecule has 0 aliphatic carbocycles. The van der Waals surface area contributed by atoms with E-state index in [2.05, 4.69) is 15.5 Å². The van der Waals surface area contributed by atoms with E-state index in [4.69, 9.17) is 9.15 Å². The zero-order valence-corrected chi connectivity index (χ0v) is 14.4. The average Bonchev–Trinajstić information content (AvgIpc) is 3.22. The molecule has 2 aromatic heterocycles. The van der Waals surface area contributed by atoms with Crippen LogP contribution in [0.3, 0.4) is 0 Å². The Morgan fingerprint density at radius 3 is 3.00 bits per heavy atom. The summed E-state index contributed by atoms with van der Waals surface area (Å²) in [5, 5.41) is 12.9. The molecular formula is C15H22N4O3S. The quantitative estimate of drug-likeness (QED) is 0.750. The molecule has 8 heteroatoms. The highest BCUT2D eigenvalue weighted by Gasteiger charge is 2.23. The van der Waals surface area contributed by atoms with Crippen molar-refractivity contribution in [3.05, 3.63) is 23.4 Å². The minimum Gasteiger partial charge on any atom is -0.419 e. The lowest BCUT2D eigenvalue weighted by molar-refractivity contribution is -0.126. The van der Waals surface area contributed by atoms with E-state index in [0.29, 0.717) is 38.0 Å². The van der Waals surface area contributed by atoms with Crippen LogP contribution in [-0.2, 0) is 16.1 Å². The Bertz CT molecular complexity index is 600. The summed E-state index contributed by atoms with van der Waals surface area (Å²) in [4.78, 5) is 15.0. The van der Waals surface area contributed by atoms with Crippen LogP contribution in [-0.4, -0.2) is 53.9 Å². The fourth-order valence-electron chi connectivity index (χ4n) is 2.10.